The summed E-state index contributed by atoms with van der Waals surface area (Å²) in [4.78, 5) is 23.2. The molecule has 2 aromatic rings. The molecule has 0 unspecified atom stereocenters. The Bertz CT molecular complexity index is 873. The summed E-state index contributed by atoms with van der Waals surface area (Å²) in [7, 11) is 0. The Morgan fingerprint density at radius 3 is 2.45 bits per heavy atom. The minimum atomic E-state index is -0.358. The van der Waals surface area contributed by atoms with Crippen LogP contribution in [-0.2, 0) is 4.74 Å². The van der Waals surface area contributed by atoms with Crippen molar-refractivity contribution >= 4 is 28.9 Å². The third-order valence-corrected chi connectivity index (χ3v) is 5.18. The van der Waals surface area contributed by atoms with E-state index in [0.717, 1.165) is 52.1 Å². The first-order chi connectivity index (χ1) is 16.1. The van der Waals surface area contributed by atoms with Gasteiger partial charge in [0.05, 0.1) is 37.3 Å². The highest BCUT2D eigenvalue weighted by Crippen LogP contribution is 2.13. The fraction of sp³-hybridized carbons (Fsp3) is 0.478. The third kappa shape index (κ3) is 8.91. The molecule has 1 aliphatic heterocycles. The lowest BCUT2D eigenvalue weighted by molar-refractivity contribution is 0.0320. The van der Waals surface area contributed by atoms with Crippen LogP contribution < -0.4 is 20.1 Å². The van der Waals surface area contributed by atoms with Gasteiger partial charge in [0.2, 0.25) is 11.8 Å². The van der Waals surface area contributed by atoms with Crippen molar-refractivity contribution in [2.45, 2.75) is 26.2 Å². The first-order valence-corrected chi connectivity index (χ1v) is 11.6. The molecule has 0 spiro atoms. The number of morpholine rings is 1. The zero-order valence-electron chi connectivity index (χ0n) is 18.9. The molecule has 9 nitrogen and oxygen atoms in total. The zero-order valence-corrected chi connectivity index (χ0v) is 19.7. The fourth-order valence-electron chi connectivity index (χ4n) is 3.11. The van der Waals surface area contributed by atoms with Crippen LogP contribution in [0.4, 0.5) is 5.69 Å². The molecule has 10 heteroatoms. The van der Waals surface area contributed by atoms with E-state index in [1.807, 2.05) is 0 Å². The van der Waals surface area contributed by atoms with Gasteiger partial charge in [0.1, 0.15) is 6.61 Å². The molecule has 3 heterocycles. The number of carbonyl (C=O) groups is 1. The van der Waals surface area contributed by atoms with Crippen molar-refractivity contribution < 1.29 is 19.0 Å². The minimum absolute atomic E-state index is 0.171. The van der Waals surface area contributed by atoms with Crippen molar-refractivity contribution in [3.63, 3.8) is 0 Å². The minimum Gasteiger partial charge on any atom is -0.478 e. The van der Waals surface area contributed by atoms with E-state index in [-0.39, 0.29) is 11.0 Å². The van der Waals surface area contributed by atoms with Crippen LogP contribution in [0.5, 0.6) is 11.8 Å². The van der Waals surface area contributed by atoms with Gasteiger partial charge < -0.3 is 19.5 Å². The van der Waals surface area contributed by atoms with E-state index in [2.05, 4.69) is 32.4 Å². The van der Waals surface area contributed by atoms with Gasteiger partial charge in [-0.15, -0.1) is 0 Å². The molecule has 1 aliphatic rings. The summed E-state index contributed by atoms with van der Waals surface area (Å²) >= 11 is 5.23. The summed E-state index contributed by atoms with van der Waals surface area (Å²) in [6.45, 7) is 7.48. The second-order valence-corrected chi connectivity index (χ2v) is 7.94. The summed E-state index contributed by atoms with van der Waals surface area (Å²) < 4.78 is 16.6. The predicted octanol–water partition coefficient (Wildman–Crippen LogP) is 2.88. The van der Waals surface area contributed by atoms with Crippen LogP contribution in [0.25, 0.3) is 0 Å². The van der Waals surface area contributed by atoms with Crippen molar-refractivity contribution in [1.29, 1.82) is 0 Å². The number of nitrogens with zero attached hydrogens (tertiary/aromatic N) is 3. The van der Waals surface area contributed by atoms with Gasteiger partial charge >= 0.3 is 0 Å². The molecule has 3 rings (SSSR count). The fourth-order valence-corrected chi connectivity index (χ4v) is 3.32. The third-order valence-electron chi connectivity index (χ3n) is 4.98. The number of nitrogens with one attached hydrogen (secondary N) is 2. The smallest absolute Gasteiger partial charge is 0.258 e. The predicted molar refractivity (Wildman–Crippen MR) is 130 cm³/mol. The summed E-state index contributed by atoms with van der Waals surface area (Å²) in [5.41, 5.74) is 1.04. The SMILES string of the molecule is CCCCCOc1ccc(NC(=S)NC(=O)c2ccc(OCCN3CCOCC3)nc2)cn1. The van der Waals surface area contributed by atoms with Gasteiger partial charge in [-0.3, -0.25) is 15.0 Å². The number of aromatic nitrogens is 2. The van der Waals surface area contributed by atoms with Crippen LogP contribution in [-0.4, -0.2) is 71.9 Å². The van der Waals surface area contributed by atoms with E-state index in [9.17, 15) is 4.79 Å². The summed E-state index contributed by atoms with van der Waals surface area (Å²) in [5, 5.41) is 5.75. The molecule has 0 bridgehead atoms. The van der Waals surface area contributed by atoms with Crippen LogP contribution in [0.15, 0.2) is 36.7 Å². The number of hydrogen-bond acceptors (Lipinski definition) is 8. The quantitative estimate of drug-likeness (QED) is 0.377. The molecule has 178 valence electrons. The molecule has 1 amide bonds. The van der Waals surface area contributed by atoms with Gasteiger partial charge in [0.25, 0.3) is 5.91 Å². The molecule has 0 aromatic carbocycles. The molecule has 2 aromatic heterocycles. The van der Waals surface area contributed by atoms with E-state index in [0.29, 0.717) is 36.2 Å². The molecule has 0 atom stereocenters. The Kier molecular flexibility index (Phi) is 10.3. The highest BCUT2D eigenvalue weighted by Gasteiger charge is 2.11. The van der Waals surface area contributed by atoms with Crippen LogP contribution in [0.1, 0.15) is 36.5 Å². The average molecular weight is 474 g/mol. The number of anilines is 1. The van der Waals surface area contributed by atoms with Crippen molar-refractivity contribution in [3.05, 3.63) is 42.2 Å². The number of thiocarbonyl (C=S) groups is 1. The Hall–Kier alpha value is -2.82. The van der Waals surface area contributed by atoms with Crippen molar-refractivity contribution in [1.82, 2.24) is 20.2 Å². The highest BCUT2D eigenvalue weighted by molar-refractivity contribution is 7.80. The lowest BCUT2D eigenvalue weighted by Gasteiger charge is -2.26. The van der Waals surface area contributed by atoms with Crippen LogP contribution in [0, 0.1) is 0 Å². The number of unbranched alkanes of at least 4 members (excludes halogenated alkanes) is 2. The lowest BCUT2D eigenvalue weighted by atomic mass is 10.3. The number of carbonyl (C=O) groups excluding carboxylic acids is 1. The summed E-state index contributed by atoms with van der Waals surface area (Å²) in [5.74, 6) is 0.678. The van der Waals surface area contributed by atoms with E-state index in [1.54, 1.807) is 30.5 Å². The molecule has 1 saturated heterocycles. The Balaban J connectivity index is 1.38. The van der Waals surface area contributed by atoms with Gasteiger partial charge in [-0.2, -0.15) is 0 Å². The van der Waals surface area contributed by atoms with Crippen LogP contribution >= 0.6 is 12.2 Å². The van der Waals surface area contributed by atoms with E-state index < -0.39 is 0 Å². The number of amides is 1. The van der Waals surface area contributed by atoms with Crippen molar-refractivity contribution in [2.24, 2.45) is 0 Å². The number of hydrogen-bond donors (Lipinski definition) is 2. The molecule has 0 radical (unpaired) electrons. The molecule has 1 fully saturated rings. The van der Waals surface area contributed by atoms with Gasteiger partial charge in [-0.1, -0.05) is 19.8 Å². The molecule has 2 N–H and O–H groups in total. The largest absolute Gasteiger partial charge is 0.478 e. The van der Waals surface area contributed by atoms with Crippen molar-refractivity contribution in [3.8, 4) is 11.8 Å². The van der Waals surface area contributed by atoms with Crippen molar-refractivity contribution in [2.75, 3.05) is 51.4 Å². The first kappa shape index (κ1) is 24.8. The number of ether oxygens (including phenoxy) is 3. The summed E-state index contributed by atoms with van der Waals surface area (Å²) in [6.07, 6.45) is 6.36. The second-order valence-electron chi connectivity index (χ2n) is 7.54. The molecule has 0 aliphatic carbocycles. The topological polar surface area (TPSA) is 97.8 Å². The van der Waals surface area contributed by atoms with E-state index >= 15 is 0 Å². The standard InChI is InChI=1S/C23H31N5O4S/c1-2-3-4-12-31-21-8-6-19(17-25-21)26-23(33)27-22(29)18-5-7-20(24-16-18)32-15-11-28-9-13-30-14-10-28/h5-8,16-17H,2-4,9-15H2,1H3,(H2,26,27,29,33). The van der Waals surface area contributed by atoms with Crippen LogP contribution in [0.2, 0.25) is 0 Å². The van der Waals surface area contributed by atoms with E-state index in [1.165, 1.54) is 6.20 Å². The molecule has 33 heavy (non-hydrogen) atoms. The number of pyridine rings is 2. The van der Waals surface area contributed by atoms with Gasteiger partial charge in [0.15, 0.2) is 5.11 Å². The molecular weight excluding hydrogens is 442 g/mol. The maximum atomic E-state index is 12.4. The van der Waals surface area contributed by atoms with Crippen LogP contribution in [0.3, 0.4) is 0 Å². The normalized spacial score (nSPS) is 13.8. The monoisotopic (exact) mass is 473 g/mol. The number of rotatable bonds is 11. The highest BCUT2D eigenvalue weighted by atomic mass is 32.1. The Morgan fingerprint density at radius 2 is 1.79 bits per heavy atom. The van der Waals surface area contributed by atoms with Gasteiger partial charge in [-0.25, -0.2) is 9.97 Å². The lowest BCUT2D eigenvalue weighted by Crippen LogP contribution is -2.38. The van der Waals surface area contributed by atoms with E-state index in [4.69, 9.17) is 26.4 Å². The first-order valence-electron chi connectivity index (χ1n) is 11.2. The Labute approximate surface area is 199 Å². The molecular formula is C23H31N5O4S. The summed E-state index contributed by atoms with van der Waals surface area (Å²) in [6, 6.07) is 6.89. The second kappa shape index (κ2) is 13.7. The van der Waals surface area contributed by atoms with Gasteiger partial charge in [0, 0.05) is 38.0 Å². The van der Waals surface area contributed by atoms with Gasteiger partial charge in [-0.05, 0) is 30.8 Å². The maximum Gasteiger partial charge on any atom is 0.258 e. The average Bonchev–Trinajstić information content (AvgIpc) is 2.84. The zero-order chi connectivity index (χ0) is 23.3. The molecule has 0 saturated carbocycles. The Morgan fingerprint density at radius 1 is 1.06 bits per heavy atom. The maximum absolute atomic E-state index is 12.4.